The van der Waals surface area contributed by atoms with Crippen LogP contribution in [0.4, 0.5) is 11.4 Å². The SMILES string of the molecule is CC(C)[C@@H](NCC(=O)Nc1ccc(N2CCCCC2)cc1)c1ccc2c(c1)OCCCO2. The fourth-order valence-electron chi connectivity index (χ4n) is 4.43. The number of carbonyl (C=O) groups is 1. The van der Waals surface area contributed by atoms with E-state index in [0.717, 1.165) is 42.3 Å². The molecule has 0 aliphatic carbocycles. The molecule has 0 spiro atoms. The van der Waals surface area contributed by atoms with Crippen molar-refractivity contribution in [1.82, 2.24) is 5.32 Å². The van der Waals surface area contributed by atoms with Crippen LogP contribution < -0.4 is 25.0 Å². The van der Waals surface area contributed by atoms with E-state index in [1.165, 1.54) is 24.9 Å². The number of fused-ring (bicyclic) bond motifs is 1. The van der Waals surface area contributed by atoms with Crippen molar-refractivity contribution >= 4 is 17.3 Å². The molecule has 1 amide bonds. The topological polar surface area (TPSA) is 62.8 Å². The Labute approximate surface area is 191 Å². The van der Waals surface area contributed by atoms with Crippen molar-refractivity contribution in [3.05, 3.63) is 48.0 Å². The van der Waals surface area contributed by atoms with E-state index in [1.807, 2.05) is 24.3 Å². The highest BCUT2D eigenvalue weighted by atomic mass is 16.5. The van der Waals surface area contributed by atoms with Gasteiger partial charge in [-0.05, 0) is 67.1 Å². The number of carbonyl (C=O) groups excluding carboxylic acids is 1. The number of benzene rings is 2. The molecular weight excluding hydrogens is 402 g/mol. The van der Waals surface area contributed by atoms with Crippen LogP contribution in [0, 0.1) is 5.92 Å². The monoisotopic (exact) mass is 437 g/mol. The molecule has 1 saturated heterocycles. The predicted octanol–water partition coefficient (Wildman–Crippen LogP) is 4.76. The largest absolute Gasteiger partial charge is 0.490 e. The molecule has 2 aromatic carbocycles. The smallest absolute Gasteiger partial charge is 0.238 e. The molecule has 0 bridgehead atoms. The Hall–Kier alpha value is -2.73. The zero-order valence-electron chi connectivity index (χ0n) is 19.2. The predicted molar refractivity (Wildman–Crippen MR) is 129 cm³/mol. The minimum absolute atomic E-state index is 0.0411. The lowest BCUT2D eigenvalue weighted by molar-refractivity contribution is -0.115. The fraction of sp³-hybridized carbons (Fsp3) is 0.500. The molecule has 1 fully saturated rings. The highest BCUT2D eigenvalue weighted by Gasteiger charge is 2.20. The van der Waals surface area contributed by atoms with Crippen LogP contribution in [0.1, 0.15) is 51.1 Å². The van der Waals surface area contributed by atoms with Crippen LogP contribution in [0.25, 0.3) is 0 Å². The van der Waals surface area contributed by atoms with Gasteiger partial charge in [0.2, 0.25) is 5.91 Å². The number of ether oxygens (including phenoxy) is 2. The van der Waals surface area contributed by atoms with Gasteiger partial charge in [0.25, 0.3) is 0 Å². The van der Waals surface area contributed by atoms with Gasteiger partial charge in [0, 0.05) is 36.9 Å². The summed E-state index contributed by atoms with van der Waals surface area (Å²) in [7, 11) is 0. The van der Waals surface area contributed by atoms with Crippen molar-refractivity contribution in [3.63, 3.8) is 0 Å². The van der Waals surface area contributed by atoms with Gasteiger partial charge in [-0.3, -0.25) is 4.79 Å². The summed E-state index contributed by atoms with van der Waals surface area (Å²) < 4.78 is 11.6. The molecule has 2 N–H and O–H groups in total. The molecule has 32 heavy (non-hydrogen) atoms. The van der Waals surface area contributed by atoms with Gasteiger partial charge in [-0.1, -0.05) is 19.9 Å². The Morgan fingerprint density at radius 3 is 2.38 bits per heavy atom. The van der Waals surface area contributed by atoms with Crippen molar-refractivity contribution in [1.29, 1.82) is 0 Å². The lowest BCUT2D eigenvalue weighted by Gasteiger charge is -2.28. The molecule has 0 aromatic heterocycles. The third-order valence-electron chi connectivity index (χ3n) is 6.15. The molecule has 0 radical (unpaired) electrons. The van der Waals surface area contributed by atoms with Crippen LogP contribution in [-0.4, -0.2) is 38.8 Å². The summed E-state index contributed by atoms with van der Waals surface area (Å²) in [6, 6.07) is 14.3. The van der Waals surface area contributed by atoms with Gasteiger partial charge in [0.05, 0.1) is 19.8 Å². The first-order valence-corrected chi connectivity index (χ1v) is 11.9. The van der Waals surface area contributed by atoms with E-state index in [-0.39, 0.29) is 18.5 Å². The second kappa shape index (κ2) is 10.7. The molecule has 6 nitrogen and oxygen atoms in total. The molecule has 4 rings (SSSR count). The maximum atomic E-state index is 12.6. The normalized spacial score (nSPS) is 17.0. The lowest BCUT2D eigenvalue weighted by atomic mass is 9.95. The summed E-state index contributed by atoms with van der Waals surface area (Å²) in [6.45, 7) is 8.12. The van der Waals surface area contributed by atoms with Crippen LogP contribution >= 0.6 is 0 Å². The molecule has 2 aliphatic heterocycles. The minimum atomic E-state index is -0.0456. The summed E-state index contributed by atoms with van der Waals surface area (Å²) in [5.74, 6) is 1.84. The van der Waals surface area contributed by atoms with Crippen molar-refractivity contribution in [2.24, 2.45) is 5.92 Å². The number of piperidine rings is 1. The quantitative estimate of drug-likeness (QED) is 0.654. The van der Waals surface area contributed by atoms with Gasteiger partial charge in [-0.15, -0.1) is 0 Å². The molecule has 0 unspecified atom stereocenters. The molecule has 2 heterocycles. The summed E-state index contributed by atoms with van der Waals surface area (Å²) in [6.07, 6.45) is 4.71. The van der Waals surface area contributed by atoms with E-state index < -0.39 is 0 Å². The van der Waals surface area contributed by atoms with E-state index in [4.69, 9.17) is 9.47 Å². The summed E-state index contributed by atoms with van der Waals surface area (Å²) in [5, 5.41) is 6.44. The second-order valence-corrected chi connectivity index (χ2v) is 9.00. The van der Waals surface area contributed by atoms with Crippen molar-refractivity contribution in [2.75, 3.05) is 43.1 Å². The highest BCUT2D eigenvalue weighted by Crippen LogP contribution is 2.34. The molecule has 2 aliphatic rings. The van der Waals surface area contributed by atoms with Crippen molar-refractivity contribution in [2.45, 2.75) is 45.6 Å². The number of amides is 1. The number of anilines is 2. The first-order valence-electron chi connectivity index (χ1n) is 11.9. The van der Waals surface area contributed by atoms with Crippen LogP contribution in [0.5, 0.6) is 11.5 Å². The number of nitrogens with one attached hydrogen (secondary N) is 2. The van der Waals surface area contributed by atoms with E-state index in [0.29, 0.717) is 19.1 Å². The van der Waals surface area contributed by atoms with Gasteiger partial charge in [0.15, 0.2) is 11.5 Å². The highest BCUT2D eigenvalue weighted by molar-refractivity contribution is 5.92. The summed E-state index contributed by atoms with van der Waals surface area (Å²) in [4.78, 5) is 15.0. The van der Waals surface area contributed by atoms with Crippen molar-refractivity contribution < 1.29 is 14.3 Å². The van der Waals surface area contributed by atoms with Gasteiger partial charge in [-0.25, -0.2) is 0 Å². The van der Waals surface area contributed by atoms with Gasteiger partial charge >= 0.3 is 0 Å². The number of hydrogen-bond donors (Lipinski definition) is 2. The maximum absolute atomic E-state index is 12.6. The van der Waals surface area contributed by atoms with E-state index in [2.05, 4.69) is 47.6 Å². The molecular formula is C26H35N3O3. The van der Waals surface area contributed by atoms with Gasteiger partial charge in [-0.2, -0.15) is 0 Å². The number of rotatable bonds is 7. The van der Waals surface area contributed by atoms with E-state index in [9.17, 15) is 4.79 Å². The van der Waals surface area contributed by atoms with Crippen LogP contribution in [0.3, 0.4) is 0 Å². The Morgan fingerprint density at radius 1 is 0.938 bits per heavy atom. The average molecular weight is 438 g/mol. The Morgan fingerprint density at radius 2 is 1.66 bits per heavy atom. The fourth-order valence-corrected chi connectivity index (χ4v) is 4.43. The Bertz CT molecular complexity index is 892. The molecule has 0 saturated carbocycles. The number of hydrogen-bond acceptors (Lipinski definition) is 5. The van der Waals surface area contributed by atoms with E-state index >= 15 is 0 Å². The summed E-state index contributed by atoms with van der Waals surface area (Å²) >= 11 is 0. The lowest BCUT2D eigenvalue weighted by Crippen LogP contribution is -2.33. The first-order chi connectivity index (χ1) is 15.6. The molecule has 2 aromatic rings. The second-order valence-electron chi connectivity index (χ2n) is 9.00. The average Bonchev–Trinajstić information content (AvgIpc) is 3.05. The van der Waals surface area contributed by atoms with Crippen LogP contribution in [0.2, 0.25) is 0 Å². The molecule has 172 valence electrons. The third kappa shape index (κ3) is 5.74. The van der Waals surface area contributed by atoms with Crippen LogP contribution in [-0.2, 0) is 4.79 Å². The Kier molecular flexibility index (Phi) is 7.53. The Balaban J connectivity index is 1.34. The van der Waals surface area contributed by atoms with Gasteiger partial charge in [0.1, 0.15) is 0 Å². The van der Waals surface area contributed by atoms with Crippen LogP contribution in [0.15, 0.2) is 42.5 Å². The van der Waals surface area contributed by atoms with E-state index in [1.54, 1.807) is 0 Å². The first kappa shape index (κ1) is 22.5. The zero-order valence-corrected chi connectivity index (χ0v) is 19.2. The molecule has 6 heteroatoms. The zero-order chi connectivity index (χ0) is 22.3. The van der Waals surface area contributed by atoms with Gasteiger partial charge < -0.3 is 25.0 Å². The third-order valence-corrected chi connectivity index (χ3v) is 6.15. The van der Waals surface area contributed by atoms with Crippen molar-refractivity contribution in [3.8, 4) is 11.5 Å². The summed E-state index contributed by atoms with van der Waals surface area (Å²) in [5.41, 5.74) is 3.16. The minimum Gasteiger partial charge on any atom is -0.490 e. The standard InChI is InChI=1S/C26H35N3O3/c1-19(2)26(20-7-12-23-24(17-20)32-16-6-15-31-23)27-18-25(30)28-21-8-10-22(11-9-21)29-13-4-3-5-14-29/h7-12,17,19,26-27H,3-6,13-16,18H2,1-2H3,(H,28,30)/t26-/m1/s1. The molecule has 1 atom stereocenters. The number of nitrogens with zero attached hydrogens (tertiary/aromatic N) is 1. The maximum Gasteiger partial charge on any atom is 0.238 e.